The Balaban J connectivity index is 1.91. The molecule has 2 rings (SSSR count). The van der Waals surface area contributed by atoms with E-state index in [-0.39, 0.29) is 5.91 Å². The van der Waals surface area contributed by atoms with Crippen molar-refractivity contribution in [3.8, 4) is 0 Å². The van der Waals surface area contributed by atoms with Crippen molar-refractivity contribution in [1.82, 2.24) is 4.90 Å². The largest absolute Gasteiger partial charge is 0.398 e. The summed E-state index contributed by atoms with van der Waals surface area (Å²) in [5.74, 6) is 0.503. The van der Waals surface area contributed by atoms with E-state index in [1.165, 1.54) is 22.9 Å². The number of thioether (sulfide) groups is 1. The number of hydrogen-bond acceptors (Lipinski definition) is 3. The van der Waals surface area contributed by atoms with Crippen LogP contribution in [0.25, 0.3) is 0 Å². The van der Waals surface area contributed by atoms with Gasteiger partial charge in [0, 0.05) is 24.2 Å². The molecular weight excluding hydrogens is 280 g/mol. The normalized spacial score (nSPS) is 10.4. The third kappa shape index (κ3) is 4.26. The number of rotatable bonds is 5. The minimum absolute atomic E-state index is 0.103. The van der Waals surface area contributed by atoms with Gasteiger partial charge in [0.1, 0.15) is 0 Å². The van der Waals surface area contributed by atoms with Crippen molar-refractivity contribution in [1.29, 1.82) is 0 Å². The maximum absolute atomic E-state index is 12.2. The fraction of sp³-hybridized carbons (Fsp3) is 0.235. The molecule has 0 fully saturated rings. The van der Waals surface area contributed by atoms with Gasteiger partial charge in [-0.05, 0) is 30.2 Å². The lowest BCUT2D eigenvalue weighted by Crippen LogP contribution is -2.28. The fourth-order valence-electron chi connectivity index (χ4n) is 1.99. The zero-order chi connectivity index (χ0) is 15.2. The number of amides is 1. The van der Waals surface area contributed by atoms with Gasteiger partial charge in [0.25, 0.3) is 0 Å². The summed E-state index contributed by atoms with van der Waals surface area (Å²) in [6, 6.07) is 15.7. The van der Waals surface area contributed by atoms with Crippen LogP contribution in [0.4, 0.5) is 5.69 Å². The number of nitrogen functional groups attached to an aromatic ring is 1. The third-order valence-electron chi connectivity index (χ3n) is 3.36. The van der Waals surface area contributed by atoms with Crippen LogP contribution in [0.1, 0.15) is 11.1 Å². The molecule has 0 saturated heterocycles. The Hall–Kier alpha value is -1.94. The number of carbonyl (C=O) groups excluding carboxylic acids is 1. The molecule has 2 aromatic rings. The van der Waals surface area contributed by atoms with Crippen LogP contribution in [0.2, 0.25) is 0 Å². The quantitative estimate of drug-likeness (QED) is 0.680. The molecule has 0 aliphatic carbocycles. The van der Waals surface area contributed by atoms with Gasteiger partial charge in [-0.1, -0.05) is 36.4 Å². The molecule has 0 aliphatic rings. The van der Waals surface area contributed by atoms with Crippen molar-refractivity contribution in [2.75, 3.05) is 18.5 Å². The van der Waals surface area contributed by atoms with E-state index in [1.807, 2.05) is 43.4 Å². The van der Waals surface area contributed by atoms with E-state index < -0.39 is 0 Å². The van der Waals surface area contributed by atoms with Crippen molar-refractivity contribution in [3.63, 3.8) is 0 Å². The first kappa shape index (κ1) is 15.4. The average molecular weight is 300 g/mol. The molecule has 0 radical (unpaired) electrons. The first-order valence-electron chi connectivity index (χ1n) is 6.83. The van der Waals surface area contributed by atoms with Crippen molar-refractivity contribution in [3.05, 3.63) is 59.7 Å². The SMILES string of the molecule is Cc1ccccc1CN(C)C(=O)CSc1ccccc1N. The van der Waals surface area contributed by atoms with Crippen molar-refractivity contribution < 1.29 is 4.79 Å². The summed E-state index contributed by atoms with van der Waals surface area (Å²) in [6.07, 6.45) is 0. The zero-order valence-electron chi connectivity index (χ0n) is 12.4. The van der Waals surface area contributed by atoms with E-state index in [0.717, 1.165) is 10.6 Å². The Morgan fingerprint density at radius 3 is 2.52 bits per heavy atom. The van der Waals surface area contributed by atoms with E-state index in [0.29, 0.717) is 12.3 Å². The lowest BCUT2D eigenvalue weighted by atomic mass is 10.1. The summed E-state index contributed by atoms with van der Waals surface area (Å²) in [5, 5.41) is 0. The third-order valence-corrected chi connectivity index (χ3v) is 4.44. The Labute approximate surface area is 130 Å². The summed E-state index contributed by atoms with van der Waals surface area (Å²) in [7, 11) is 1.84. The number of carbonyl (C=O) groups is 1. The highest BCUT2D eigenvalue weighted by molar-refractivity contribution is 8.00. The number of hydrogen-bond donors (Lipinski definition) is 1. The van der Waals surface area contributed by atoms with Gasteiger partial charge in [-0.2, -0.15) is 0 Å². The molecule has 0 saturated carbocycles. The topological polar surface area (TPSA) is 46.3 Å². The number of benzene rings is 2. The van der Waals surface area contributed by atoms with Crippen LogP contribution >= 0.6 is 11.8 Å². The summed E-state index contributed by atoms with van der Waals surface area (Å²) in [5.41, 5.74) is 8.98. The molecule has 0 unspecified atom stereocenters. The van der Waals surface area contributed by atoms with Gasteiger partial charge in [-0.15, -0.1) is 11.8 Å². The molecule has 0 heterocycles. The molecule has 3 nitrogen and oxygen atoms in total. The summed E-state index contributed by atoms with van der Waals surface area (Å²) < 4.78 is 0. The molecule has 110 valence electrons. The fourth-order valence-corrected chi connectivity index (χ4v) is 2.90. The minimum Gasteiger partial charge on any atom is -0.398 e. The predicted molar refractivity (Wildman–Crippen MR) is 89.2 cm³/mol. The second-order valence-electron chi connectivity index (χ2n) is 5.00. The highest BCUT2D eigenvalue weighted by Gasteiger charge is 2.11. The summed E-state index contributed by atoms with van der Waals surface area (Å²) >= 11 is 1.48. The maximum Gasteiger partial charge on any atom is 0.232 e. The van der Waals surface area contributed by atoms with Crippen LogP contribution in [-0.4, -0.2) is 23.6 Å². The number of para-hydroxylation sites is 1. The summed E-state index contributed by atoms with van der Waals surface area (Å²) in [6.45, 7) is 2.70. The van der Waals surface area contributed by atoms with Crippen molar-refractivity contribution >= 4 is 23.4 Å². The van der Waals surface area contributed by atoms with Crippen LogP contribution in [0.15, 0.2) is 53.4 Å². The Bertz CT molecular complexity index is 628. The first-order valence-corrected chi connectivity index (χ1v) is 7.82. The molecule has 0 atom stereocenters. The number of aryl methyl sites for hydroxylation is 1. The van der Waals surface area contributed by atoms with Crippen LogP contribution in [0.3, 0.4) is 0 Å². The van der Waals surface area contributed by atoms with E-state index in [1.54, 1.807) is 4.90 Å². The van der Waals surface area contributed by atoms with Crippen LogP contribution in [0.5, 0.6) is 0 Å². The highest BCUT2D eigenvalue weighted by Crippen LogP contribution is 2.24. The molecule has 0 bridgehead atoms. The number of nitrogens with two attached hydrogens (primary N) is 1. The van der Waals surface area contributed by atoms with Gasteiger partial charge in [0.2, 0.25) is 5.91 Å². The van der Waals surface area contributed by atoms with Crippen molar-refractivity contribution in [2.45, 2.75) is 18.4 Å². The van der Waals surface area contributed by atoms with Gasteiger partial charge in [-0.3, -0.25) is 4.79 Å². The van der Waals surface area contributed by atoms with Crippen LogP contribution < -0.4 is 5.73 Å². The van der Waals surface area contributed by atoms with E-state index in [9.17, 15) is 4.79 Å². The second-order valence-corrected chi connectivity index (χ2v) is 6.02. The van der Waals surface area contributed by atoms with E-state index in [4.69, 9.17) is 5.73 Å². The summed E-state index contributed by atoms with van der Waals surface area (Å²) in [4.78, 5) is 14.9. The Kier molecular flexibility index (Phi) is 5.28. The van der Waals surface area contributed by atoms with Gasteiger partial charge in [0.05, 0.1) is 5.75 Å². The van der Waals surface area contributed by atoms with Gasteiger partial charge < -0.3 is 10.6 Å². The number of nitrogens with zero attached hydrogens (tertiary/aromatic N) is 1. The lowest BCUT2D eigenvalue weighted by molar-refractivity contribution is -0.127. The standard InChI is InChI=1S/C17H20N2OS/c1-13-7-3-4-8-14(13)11-19(2)17(20)12-21-16-10-6-5-9-15(16)18/h3-10H,11-12,18H2,1-2H3. The zero-order valence-corrected chi connectivity index (χ0v) is 13.2. The number of anilines is 1. The Morgan fingerprint density at radius 1 is 1.14 bits per heavy atom. The monoisotopic (exact) mass is 300 g/mol. The lowest BCUT2D eigenvalue weighted by Gasteiger charge is -2.18. The van der Waals surface area contributed by atoms with Crippen LogP contribution in [-0.2, 0) is 11.3 Å². The molecular formula is C17H20N2OS. The van der Waals surface area contributed by atoms with Crippen LogP contribution in [0, 0.1) is 6.92 Å². The highest BCUT2D eigenvalue weighted by atomic mass is 32.2. The molecule has 0 aliphatic heterocycles. The molecule has 0 spiro atoms. The smallest absolute Gasteiger partial charge is 0.232 e. The molecule has 2 aromatic carbocycles. The minimum atomic E-state index is 0.103. The van der Waals surface area contributed by atoms with E-state index >= 15 is 0 Å². The molecule has 2 N–H and O–H groups in total. The first-order chi connectivity index (χ1) is 10.1. The van der Waals surface area contributed by atoms with Gasteiger partial charge in [0.15, 0.2) is 0 Å². The Morgan fingerprint density at radius 2 is 1.81 bits per heavy atom. The second kappa shape index (κ2) is 7.18. The van der Waals surface area contributed by atoms with Gasteiger partial charge >= 0.3 is 0 Å². The van der Waals surface area contributed by atoms with E-state index in [2.05, 4.69) is 19.1 Å². The maximum atomic E-state index is 12.2. The van der Waals surface area contributed by atoms with Crippen molar-refractivity contribution in [2.24, 2.45) is 0 Å². The molecule has 0 aromatic heterocycles. The molecule has 1 amide bonds. The van der Waals surface area contributed by atoms with Gasteiger partial charge in [-0.25, -0.2) is 0 Å². The average Bonchev–Trinajstić information content (AvgIpc) is 2.48. The molecule has 21 heavy (non-hydrogen) atoms. The molecule has 4 heteroatoms. The predicted octanol–water partition coefficient (Wildman–Crippen LogP) is 3.33.